The first-order valence-electron chi connectivity index (χ1n) is 6.96. The fraction of sp³-hybridized carbons (Fsp3) is 0.692. The second-order valence-corrected chi connectivity index (χ2v) is 5.07. The Balaban J connectivity index is 2.32. The molecule has 0 radical (unpaired) electrons. The van der Waals surface area contributed by atoms with Gasteiger partial charge in [-0.2, -0.15) is 5.10 Å². The predicted molar refractivity (Wildman–Crippen MR) is 77.3 cm³/mol. The van der Waals surface area contributed by atoms with Crippen LogP contribution in [0, 0.1) is 6.92 Å². The summed E-state index contributed by atoms with van der Waals surface area (Å²) in [6.45, 7) is 6.37. The first-order valence-corrected chi connectivity index (χ1v) is 6.96. The number of anilines is 1. The Morgan fingerprint density at radius 3 is 2.95 bits per heavy atom. The zero-order chi connectivity index (χ0) is 14.7. The van der Waals surface area contributed by atoms with Crippen molar-refractivity contribution in [2.24, 2.45) is 17.9 Å². The van der Waals surface area contributed by atoms with Gasteiger partial charge in [-0.1, -0.05) is 5.16 Å². The number of nitrogens with two attached hydrogens (primary N) is 1. The van der Waals surface area contributed by atoms with Crippen molar-refractivity contribution < 1.29 is 9.94 Å². The highest BCUT2D eigenvalue weighted by Crippen LogP contribution is 2.25. The van der Waals surface area contributed by atoms with Crippen LogP contribution in [0.1, 0.15) is 31.0 Å². The van der Waals surface area contributed by atoms with Crippen molar-refractivity contribution in [2.75, 3.05) is 24.6 Å². The van der Waals surface area contributed by atoms with E-state index in [2.05, 4.69) is 22.1 Å². The fourth-order valence-electron chi connectivity index (χ4n) is 2.76. The van der Waals surface area contributed by atoms with E-state index in [-0.39, 0.29) is 11.9 Å². The van der Waals surface area contributed by atoms with E-state index in [1.165, 1.54) is 0 Å². The highest BCUT2D eigenvalue weighted by Gasteiger charge is 2.25. The molecule has 0 saturated carbocycles. The van der Waals surface area contributed by atoms with Crippen LogP contribution < -0.4 is 10.6 Å². The average Bonchev–Trinajstić information content (AvgIpc) is 3.03. The summed E-state index contributed by atoms with van der Waals surface area (Å²) in [6, 6.07) is 0. The van der Waals surface area contributed by atoms with Crippen molar-refractivity contribution in [3.05, 3.63) is 11.3 Å². The zero-order valence-electron chi connectivity index (χ0n) is 12.3. The standard InChI is InChI=1S/C13H23N5O2/c1-4-18(8-10-6-5-7-20-10)13-11(12(14)16-19)9(2)15-17(13)3/h10,19H,4-8H2,1-3H3,(H2,14,16). The number of ether oxygens (including phenoxy) is 1. The Morgan fingerprint density at radius 1 is 1.65 bits per heavy atom. The Bertz CT molecular complexity index is 491. The molecule has 1 atom stereocenters. The maximum absolute atomic E-state index is 8.97. The van der Waals surface area contributed by atoms with Crippen LogP contribution in [0.25, 0.3) is 0 Å². The van der Waals surface area contributed by atoms with Gasteiger partial charge >= 0.3 is 0 Å². The van der Waals surface area contributed by atoms with Crippen LogP contribution in [0.5, 0.6) is 0 Å². The summed E-state index contributed by atoms with van der Waals surface area (Å²) in [5.41, 5.74) is 7.24. The molecule has 20 heavy (non-hydrogen) atoms. The van der Waals surface area contributed by atoms with E-state index >= 15 is 0 Å². The van der Waals surface area contributed by atoms with E-state index < -0.39 is 0 Å². The SMILES string of the molecule is CCN(CC1CCCO1)c1c(C(N)=NO)c(C)nn1C. The molecule has 0 spiro atoms. The topological polar surface area (TPSA) is 88.9 Å². The average molecular weight is 281 g/mol. The lowest BCUT2D eigenvalue weighted by atomic mass is 10.2. The van der Waals surface area contributed by atoms with Gasteiger partial charge in [0.2, 0.25) is 0 Å². The molecular weight excluding hydrogens is 258 g/mol. The van der Waals surface area contributed by atoms with Crippen molar-refractivity contribution in [1.29, 1.82) is 0 Å². The number of rotatable bonds is 5. The van der Waals surface area contributed by atoms with E-state index in [1.807, 2.05) is 14.0 Å². The van der Waals surface area contributed by atoms with Crippen LogP contribution in [0.4, 0.5) is 5.82 Å². The molecule has 1 unspecified atom stereocenters. The minimum atomic E-state index is 0.0939. The van der Waals surface area contributed by atoms with Gasteiger partial charge in [0.15, 0.2) is 5.84 Å². The van der Waals surface area contributed by atoms with Crippen LogP contribution in [0.3, 0.4) is 0 Å². The fourth-order valence-corrected chi connectivity index (χ4v) is 2.76. The van der Waals surface area contributed by atoms with Crippen molar-refractivity contribution in [3.63, 3.8) is 0 Å². The van der Waals surface area contributed by atoms with Gasteiger partial charge in [-0.25, -0.2) is 0 Å². The lowest BCUT2D eigenvalue weighted by molar-refractivity contribution is 0.115. The van der Waals surface area contributed by atoms with Gasteiger partial charge in [0.05, 0.1) is 17.4 Å². The monoisotopic (exact) mass is 281 g/mol. The highest BCUT2D eigenvalue weighted by atomic mass is 16.5. The molecule has 1 saturated heterocycles. The molecule has 0 bridgehead atoms. The number of likely N-dealkylation sites (N-methyl/N-ethyl adjacent to an activating group) is 1. The van der Waals surface area contributed by atoms with E-state index in [9.17, 15) is 0 Å². The molecular formula is C13H23N5O2. The molecule has 1 aliphatic rings. The molecule has 0 aliphatic carbocycles. The molecule has 2 rings (SSSR count). The smallest absolute Gasteiger partial charge is 0.175 e. The lowest BCUT2D eigenvalue weighted by Crippen LogP contribution is -2.35. The van der Waals surface area contributed by atoms with Crippen LogP contribution >= 0.6 is 0 Å². The third-order valence-corrected chi connectivity index (χ3v) is 3.69. The number of aromatic nitrogens is 2. The number of amidine groups is 1. The van der Waals surface area contributed by atoms with Crippen LogP contribution in [-0.4, -0.2) is 46.6 Å². The van der Waals surface area contributed by atoms with Crippen molar-refractivity contribution in [3.8, 4) is 0 Å². The molecule has 2 heterocycles. The number of hydrogen-bond donors (Lipinski definition) is 2. The minimum Gasteiger partial charge on any atom is -0.409 e. The highest BCUT2D eigenvalue weighted by molar-refractivity contribution is 6.02. The van der Waals surface area contributed by atoms with E-state index in [4.69, 9.17) is 15.7 Å². The maximum atomic E-state index is 8.97. The lowest BCUT2D eigenvalue weighted by Gasteiger charge is -2.26. The predicted octanol–water partition coefficient (Wildman–Crippen LogP) is 0.828. The summed E-state index contributed by atoms with van der Waals surface area (Å²) in [5.74, 6) is 0.965. The van der Waals surface area contributed by atoms with Gasteiger partial charge in [-0.05, 0) is 26.7 Å². The summed E-state index contributed by atoms with van der Waals surface area (Å²) in [7, 11) is 1.87. The largest absolute Gasteiger partial charge is 0.409 e. The number of hydrogen-bond acceptors (Lipinski definition) is 5. The van der Waals surface area contributed by atoms with Gasteiger partial charge in [-0.3, -0.25) is 4.68 Å². The van der Waals surface area contributed by atoms with E-state index in [0.29, 0.717) is 5.56 Å². The Kier molecular flexibility index (Phi) is 4.49. The molecule has 0 amide bonds. The molecule has 7 nitrogen and oxygen atoms in total. The van der Waals surface area contributed by atoms with Gasteiger partial charge in [0.1, 0.15) is 5.82 Å². The minimum absolute atomic E-state index is 0.0939. The zero-order valence-corrected chi connectivity index (χ0v) is 12.3. The van der Waals surface area contributed by atoms with E-state index in [0.717, 1.165) is 44.0 Å². The molecule has 3 N–H and O–H groups in total. The first-order chi connectivity index (χ1) is 9.58. The normalized spacial score (nSPS) is 19.6. The van der Waals surface area contributed by atoms with Crippen LogP contribution in [-0.2, 0) is 11.8 Å². The van der Waals surface area contributed by atoms with Gasteiger partial charge < -0.3 is 20.6 Å². The Hall–Kier alpha value is -1.76. The quantitative estimate of drug-likeness (QED) is 0.361. The van der Waals surface area contributed by atoms with Crippen molar-refractivity contribution in [2.45, 2.75) is 32.8 Å². The second kappa shape index (κ2) is 6.13. The van der Waals surface area contributed by atoms with Crippen molar-refractivity contribution in [1.82, 2.24) is 9.78 Å². The summed E-state index contributed by atoms with van der Waals surface area (Å²) < 4.78 is 7.48. The number of aryl methyl sites for hydroxylation is 2. The van der Waals surface area contributed by atoms with Gasteiger partial charge in [0.25, 0.3) is 0 Å². The van der Waals surface area contributed by atoms with Crippen LogP contribution in [0.15, 0.2) is 5.16 Å². The summed E-state index contributed by atoms with van der Waals surface area (Å²) in [6.07, 6.45) is 2.43. The summed E-state index contributed by atoms with van der Waals surface area (Å²) in [5, 5.41) is 16.5. The summed E-state index contributed by atoms with van der Waals surface area (Å²) >= 11 is 0. The summed E-state index contributed by atoms with van der Waals surface area (Å²) in [4.78, 5) is 2.17. The van der Waals surface area contributed by atoms with Crippen molar-refractivity contribution >= 4 is 11.7 Å². The Labute approximate surface area is 119 Å². The molecule has 0 aromatic carbocycles. The number of oxime groups is 1. The molecule has 1 aromatic rings. The molecule has 1 fully saturated rings. The molecule has 7 heteroatoms. The molecule has 1 aliphatic heterocycles. The first kappa shape index (κ1) is 14.6. The molecule has 1 aromatic heterocycles. The second-order valence-electron chi connectivity index (χ2n) is 5.07. The van der Waals surface area contributed by atoms with E-state index in [1.54, 1.807) is 4.68 Å². The molecule has 112 valence electrons. The van der Waals surface area contributed by atoms with Gasteiger partial charge in [-0.15, -0.1) is 0 Å². The van der Waals surface area contributed by atoms with Gasteiger partial charge in [0, 0.05) is 26.7 Å². The Morgan fingerprint density at radius 2 is 2.40 bits per heavy atom. The third kappa shape index (κ3) is 2.72. The third-order valence-electron chi connectivity index (χ3n) is 3.69. The van der Waals surface area contributed by atoms with Crippen LogP contribution in [0.2, 0.25) is 0 Å². The maximum Gasteiger partial charge on any atom is 0.175 e. The number of nitrogens with zero attached hydrogens (tertiary/aromatic N) is 4.